The smallest absolute Gasteiger partial charge is 0.131 e. The summed E-state index contributed by atoms with van der Waals surface area (Å²) in [4.78, 5) is 8.50. The summed E-state index contributed by atoms with van der Waals surface area (Å²) in [7, 11) is 0. The van der Waals surface area contributed by atoms with Crippen molar-refractivity contribution in [2.75, 3.05) is 10.6 Å². The first kappa shape index (κ1) is 16.3. The van der Waals surface area contributed by atoms with E-state index in [-0.39, 0.29) is 0 Å². The average molecular weight is 339 g/mol. The van der Waals surface area contributed by atoms with Crippen molar-refractivity contribution in [2.45, 2.75) is 20.0 Å². The molecule has 0 saturated carbocycles. The van der Waals surface area contributed by atoms with E-state index in [1.807, 2.05) is 30.3 Å². The summed E-state index contributed by atoms with van der Waals surface area (Å²) in [6.07, 6.45) is 1.55. The van der Waals surface area contributed by atoms with Crippen LogP contribution < -0.4 is 10.6 Å². The van der Waals surface area contributed by atoms with E-state index in [4.69, 9.17) is 11.6 Å². The molecule has 1 aromatic heterocycles. The summed E-state index contributed by atoms with van der Waals surface area (Å²) < 4.78 is 0. The molecule has 24 heavy (non-hydrogen) atoms. The summed E-state index contributed by atoms with van der Waals surface area (Å²) >= 11 is 6.17. The number of rotatable bonds is 6. The molecule has 0 spiro atoms. The molecule has 3 aromatic rings. The van der Waals surface area contributed by atoms with Gasteiger partial charge in [0, 0.05) is 24.2 Å². The number of aryl methyl sites for hydroxylation is 1. The minimum absolute atomic E-state index is 0.619. The van der Waals surface area contributed by atoms with E-state index in [0.717, 1.165) is 28.8 Å². The van der Waals surface area contributed by atoms with Crippen molar-refractivity contribution < 1.29 is 0 Å². The highest BCUT2D eigenvalue weighted by Crippen LogP contribution is 2.17. The van der Waals surface area contributed by atoms with Gasteiger partial charge in [-0.25, -0.2) is 9.97 Å². The monoisotopic (exact) mass is 338 g/mol. The van der Waals surface area contributed by atoms with Crippen molar-refractivity contribution in [3.05, 3.63) is 82.6 Å². The maximum absolute atomic E-state index is 6.17. The Bertz CT molecular complexity index is 802. The molecule has 0 aliphatic heterocycles. The molecule has 1 heterocycles. The van der Waals surface area contributed by atoms with Crippen LogP contribution in [0.5, 0.6) is 0 Å². The number of nitrogens with zero attached hydrogens (tertiary/aromatic N) is 2. The van der Waals surface area contributed by atoms with Crippen molar-refractivity contribution in [2.24, 2.45) is 0 Å². The van der Waals surface area contributed by atoms with Gasteiger partial charge < -0.3 is 10.6 Å². The highest BCUT2D eigenvalue weighted by atomic mass is 35.5. The molecule has 3 rings (SSSR count). The molecule has 0 aliphatic carbocycles. The zero-order valence-electron chi connectivity index (χ0n) is 13.5. The van der Waals surface area contributed by atoms with Crippen LogP contribution in [0.1, 0.15) is 16.7 Å². The molecule has 0 unspecified atom stereocenters. The van der Waals surface area contributed by atoms with Gasteiger partial charge in [-0.2, -0.15) is 0 Å². The Kier molecular flexibility index (Phi) is 5.29. The summed E-state index contributed by atoms with van der Waals surface area (Å²) in [6.45, 7) is 3.42. The minimum atomic E-state index is 0.619. The summed E-state index contributed by atoms with van der Waals surface area (Å²) in [5, 5.41) is 7.33. The van der Waals surface area contributed by atoms with Crippen LogP contribution >= 0.6 is 11.6 Å². The van der Waals surface area contributed by atoms with E-state index in [1.165, 1.54) is 11.1 Å². The first-order valence-corrected chi connectivity index (χ1v) is 8.17. The second-order valence-electron chi connectivity index (χ2n) is 5.57. The van der Waals surface area contributed by atoms with Gasteiger partial charge in [0.2, 0.25) is 0 Å². The number of nitrogens with one attached hydrogen (secondary N) is 2. The number of benzene rings is 2. The fraction of sp³-hybridized carbons (Fsp3) is 0.158. The van der Waals surface area contributed by atoms with Crippen molar-refractivity contribution in [3.63, 3.8) is 0 Å². The first-order chi connectivity index (χ1) is 11.7. The minimum Gasteiger partial charge on any atom is -0.366 e. The molecule has 4 nitrogen and oxygen atoms in total. The van der Waals surface area contributed by atoms with Crippen molar-refractivity contribution in [1.82, 2.24) is 9.97 Å². The Labute approximate surface area is 146 Å². The fourth-order valence-corrected chi connectivity index (χ4v) is 2.48. The number of halogens is 1. The molecule has 5 heteroatoms. The average Bonchev–Trinajstić information content (AvgIpc) is 2.61. The Morgan fingerprint density at radius 1 is 0.875 bits per heavy atom. The van der Waals surface area contributed by atoms with Gasteiger partial charge in [-0.3, -0.25) is 0 Å². The SMILES string of the molecule is Cc1ccc(CNc2cc(NCc3ccccc3Cl)ncn2)cc1. The number of aromatic nitrogens is 2. The van der Waals surface area contributed by atoms with Crippen LogP contribution in [0.15, 0.2) is 60.9 Å². The zero-order chi connectivity index (χ0) is 16.8. The van der Waals surface area contributed by atoms with Crippen molar-refractivity contribution >= 4 is 23.2 Å². The van der Waals surface area contributed by atoms with Crippen molar-refractivity contribution in [3.8, 4) is 0 Å². The molecule has 122 valence electrons. The third-order valence-corrected chi connectivity index (χ3v) is 4.05. The van der Waals surface area contributed by atoms with E-state index in [9.17, 15) is 0 Å². The highest BCUT2D eigenvalue weighted by molar-refractivity contribution is 6.31. The van der Waals surface area contributed by atoms with Crippen LogP contribution in [0, 0.1) is 6.92 Å². The van der Waals surface area contributed by atoms with E-state index in [1.54, 1.807) is 6.33 Å². The van der Waals surface area contributed by atoms with Gasteiger partial charge in [0.1, 0.15) is 18.0 Å². The van der Waals surface area contributed by atoms with Gasteiger partial charge in [0.25, 0.3) is 0 Å². The Morgan fingerprint density at radius 2 is 1.54 bits per heavy atom. The van der Waals surface area contributed by atoms with Crippen LogP contribution in [0.3, 0.4) is 0 Å². The number of hydrogen-bond acceptors (Lipinski definition) is 4. The Hall–Kier alpha value is -2.59. The molecule has 0 aliphatic rings. The summed E-state index contributed by atoms with van der Waals surface area (Å²) in [6, 6.07) is 18.1. The third-order valence-electron chi connectivity index (χ3n) is 3.68. The van der Waals surface area contributed by atoms with Crippen LogP contribution in [-0.2, 0) is 13.1 Å². The molecule has 0 saturated heterocycles. The molecule has 2 N–H and O–H groups in total. The second-order valence-corrected chi connectivity index (χ2v) is 5.98. The fourth-order valence-electron chi connectivity index (χ4n) is 2.28. The maximum atomic E-state index is 6.17. The lowest BCUT2D eigenvalue weighted by atomic mass is 10.1. The predicted octanol–water partition coefficient (Wildman–Crippen LogP) is 4.66. The lowest BCUT2D eigenvalue weighted by Gasteiger charge is -2.10. The van der Waals surface area contributed by atoms with Gasteiger partial charge in [-0.15, -0.1) is 0 Å². The van der Waals surface area contributed by atoms with Crippen LogP contribution in [0.25, 0.3) is 0 Å². The molecule has 0 fully saturated rings. The molecular weight excluding hydrogens is 320 g/mol. The lowest BCUT2D eigenvalue weighted by Crippen LogP contribution is -2.05. The van der Waals surface area contributed by atoms with Crippen LogP contribution in [0.4, 0.5) is 11.6 Å². The van der Waals surface area contributed by atoms with Gasteiger partial charge in [-0.1, -0.05) is 59.6 Å². The lowest BCUT2D eigenvalue weighted by molar-refractivity contribution is 1.05. The maximum Gasteiger partial charge on any atom is 0.131 e. The predicted molar refractivity (Wildman–Crippen MR) is 99.3 cm³/mol. The largest absolute Gasteiger partial charge is 0.366 e. The standard InChI is InChI=1S/C19H19ClN4/c1-14-6-8-15(9-7-14)11-21-18-10-19(24-13-23-18)22-12-16-4-2-3-5-17(16)20/h2-10,13H,11-12H2,1H3,(H2,21,22,23,24). The second kappa shape index (κ2) is 7.79. The highest BCUT2D eigenvalue weighted by Gasteiger charge is 2.02. The van der Waals surface area contributed by atoms with Gasteiger partial charge >= 0.3 is 0 Å². The third kappa shape index (κ3) is 4.46. The number of anilines is 2. The molecule has 0 atom stereocenters. The molecular formula is C19H19ClN4. The Balaban J connectivity index is 1.59. The quantitative estimate of drug-likeness (QED) is 0.686. The summed E-state index contributed by atoms with van der Waals surface area (Å²) in [5.41, 5.74) is 3.50. The zero-order valence-corrected chi connectivity index (χ0v) is 14.2. The first-order valence-electron chi connectivity index (χ1n) is 7.79. The molecule has 0 bridgehead atoms. The van der Waals surface area contributed by atoms with Gasteiger partial charge in [0.15, 0.2) is 0 Å². The van der Waals surface area contributed by atoms with E-state index < -0.39 is 0 Å². The van der Waals surface area contributed by atoms with E-state index >= 15 is 0 Å². The van der Waals surface area contributed by atoms with Crippen LogP contribution in [-0.4, -0.2) is 9.97 Å². The van der Waals surface area contributed by atoms with Gasteiger partial charge in [-0.05, 0) is 24.1 Å². The summed E-state index contributed by atoms with van der Waals surface area (Å²) in [5.74, 6) is 1.54. The van der Waals surface area contributed by atoms with E-state index in [2.05, 4.69) is 51.8 Å². The van der Waals surface area contributed by atoms with E-state index in [0.29, 0.717) is 6.54 Å². The Morgan fingerprint density at radius 3 is 2.25 bits per heavy atom. The number of hydrogen-bond donors (Lipinski definition) is 2. The van der Waals surface area contributed by atoms with Crippen molar-refractivity contribution in [1.29, 1.82) is 0 Å². The molecule has 2 aromatic carbocycles. The topological polar surface area (TPSA) is 49.8 Å². The normalized spacial score (nSPS) is 10.4. The molecule has 0 radical (unpaired) electrons. The molecule has 0 amide bonds. The van der Waals surface area contributed by atoms with Crippen LogP contribution in [0.2, 0.25) is 5.02 Å². The van der Waals surface area contributed by atoms with Gasteiger partial charge in [0.05, 0.1) is 0 Å².